The van der Waals surface area contributed by atoms with Gasteiger partial charge in [0.1, 0.15) is 5.76 Å². The van der Waals surface area contributed by atoms with Crippen molar-refractivity contribution < 1.29 is 29.0 Å². The molecule has 37 heavy (non-hydrogen) atoms. The van der Waals surface area contributed by atoms with Crippen LogP contribution in [0.5, 0.6) is 0 Å². The molecule has 1 fully saturated rings. The summed E-state index contributed by atoms with van der Waals surface area (Å²) in [6.45, 7) is 4.74. The SMILES string of the molecule is O=C(O)/C=C/C(=O)O.O=C1c2ccccc2CN1CC1CCN(Cc2ccccc2-c2ccco2)CC1. The Kier molecular flexibility index (Phi) is 8.53. The third-order valence-corrected chi connectivity index (χ3v) is 6.65. The largest absolute Gasteiger partial charge is 0.478 e. The van der Waals surface area contributed by atoms with Crippen molar-refractivity contribution in [3.05, 3.63) is 95.8 Å². The lowest BCUT2D eigenvalue weighted by Crippen LogP contribution is -2.38. The van der Waals surface area contributed by atoms with Gasteiger partial charge in [-0.15, -0.1) is 0 Å². The highest BCUT2D eigenvalue weighted by molar-refractivity contribution is 5.98. The van der Waals surface area contributed by atoms with Crippen LogP contribution < -0.4 is 0 Å². The molecule has 0 saturated carbocycles. The second-order valence-corrected chi connectivity index (χ2v) is 9.21. The molecule has 5 rings (SSSR count). The summed E-state index contributed by atoms with van der Waals surface area (Å²) in [5.41, 5.74) is 4.55. The first-order chi connectivity index (χ1) is 17.9. The number of piperidine rings is 1. The Labute approximate surface area is 215 Å². The van der Waals surface area contributed by atoms with E-state index >= 15 is 0 Å². The van der Waals surface area contributed by atoms with Crippen molar-refractivity contribution in [3.63, 3.8) is 0 Å². The molecule has 0 radical (unpaired) electrons. The van der Waals surface area contributed by atoms with Crippen LogP contribution in [0.4, 0.5) is 0 Å². The molecule has 2 aromatic carbocycles. The molecule has 2 aliphatic heterocycles. The number of fused-ring (bicyclic) bond motifs is 1. The summed E-state index contributed by atoms with van der Waals surface area (Å²) in [6, 6.07) is 20.5. The van der Waals surface area contributed by atoms with Gasteiger partial charge in [-0.2, -0.15) is 0 Å². The normalized spacial score (nSPS) is 15.9. The first-order valence-corrected chi connectivity index (χ1v) is 12.3. The van der Waals surface area contributed by atoms with Gasteiger partial charge in [0, 0.05) is 42.9 Å². The summed E-state index contributed by atoms with van der Waals surface area (Å²) >= 11 is 0. The number of hydrogen-bond donors (Lipinski definition) is 2. The average molecular weight is 503 g/mol. The van der Waals surface area contributed by atoms with Gasteiger partial charge in [0.25, 0.3) is 5.91 Å². The van der Waals surface area contributed by atoms with E-state index < -0.39 is 11.9 Å². The Bertz CT molecular complexity index is 1240. The summed E-state index contributed by atoms with van der Waals surface area (Å²) in [7, 11) is 0. The lowest BCUT2D eigenvalue weighted by Gasteiger charge is -2.34. The van der Waals surface area contributed by atoms with Crippen LogP contribution in [0, 0.1) is 5.92 Å². The summed E-state index contributed by atoms with van der Waals surface area (Å²) < 4.78 is 5.62. The quantitative estimate of drug-likeness (QED) is 0.457. The van der Waals surface area contributed by atoms with Crippen LogP contribution in [-0.4, -0.2) is 57.5 Å². The van der Waals surface area contributed by atoms with E-state index in [1.165, 1.54) is 16.7 Å². The maximum atomic E-state index is 12.6. The van der Waals surface area contributed by atoms with Crippen LogP contribution in [0.2, 0.25) is 0 Å². The van der Waals surface area contributed by atoms with Crippen LogP contribution in [0.1, 0.15) is 34.3 Å². The van der Waals surface area contributed by atoms with E-state index in [4.69, 9.17) is 14.6 Å². The van der Waals surface area contributed by atoms with Crippen molar-refractivity contribution in [1.29, 1.82) is 0 Å². The Morgan fingerprint density at radius 1 is 0.892 bits per heavy atom. The van der Waals surface area contributed by atoms with E-state index in [-0.39, 0.29) is 5.91 Å². The van der Waals surface area contributed by atoms with Crippen molar-refractivity contribution in [1.82, 2.24) is 9.80 Å². The highest BCUT2D eigenvalue weighted by Crippen LogP contribution is 2.29. The van der Waals surface area contributed by atoms with E-state index in [2.05, 4.69) is 35.2 Å². The van der Waals surface area contributed by atoms with Gasteiger partial charge in [-0.05, 0) is 61.2 Å². The maximum Gasteiger partial charge on any atom is 0.328 e. The minimum atomic E-state index is -1.26. The smallest absolute Gasteiger partial charge is 0.328 e. The van der Waals surface area contributed by atoms with Gasteiger partial charge in [0.15, 0.2) is 0 Å². The number of carboxylic acid groups (broad SMARTS) is 2. The number of likely N-dealkylation sites (tertiary alicyclic amines) is 1. The number of carbonyl (C=O) groups is 3. The van der Waals surface area contributed by atoms with Crippen LogP contribution in [0.15, 0.2) is 83.5 Å². The van der Waals surface area contributed by atoms with Gasteiger partial charge in [-0.1, -0.05) is 42.5 Å². The fourth-order valence-electron chi connectivity index (χ4n) is 4.81. The van der Waals surface area contributed by atoms with E-state index in [1.807, 2.05) is 35.2 Å². The van der Waals surface area contributed by atoms with Crippen LogP contribution in [0.25, 0.3) is 11.3 Å². The lowest BCUT2D eigenvalue weighted by atomic mass is 9.95. The topological polar surface area (TPSA) is 111 Å². The predicted octanol–water partition coefficient (Wildman–Crippen LogP) is 4.53. The molecule has 3 aromatic rings. The molecule has 2 N–H and O–H groups in total. The van der Waals surface area contributed by atoms with Crippen molar-refractivity contribution in [2.24, 2.45) is 5.92 Å². The number of amides is 1. The van der Waals surface area contributed by atoms with E-state index in [0.29, 0.717) is 18.1 Å². The number of hydrogen-bond acceptors (Lipinski definition) is 5. The van der Waals surface area contributed by atoms with Crippen molar-refractivity contribution in [2.75, 3.05) is 19.6 Å². The van der Waals surface area contributed by atoms with E-state index in [1.54, 1.807) is 6.26 Å². The van der Waals surface area contributed by atoms with Crippen molar-refractivity contribution in [3.8, 4) is 11.3 Å². The van der Waals surface area contributed by atoms with E-state index in [0.717, 1.165) is 56.9 Å². The highest BCUT2D eigenvalue weighted by atomic mass is 16.4. The standard InChI is InChI=1S/C25H26N2O2.C4H4O4/c28-25-23-9-4-2-7-21(23)18-27(25)16-19-11-13-26(14-12-19)17-20-6-1-3-8-22(20)24-10-5-15-29-24;5-3(6)1-2-4(7)8/h1-10,15,19H,11-14,16-18H2;1-2H,(H,5,6)(H,7,8)/b;2-1+. The fourth-order valence-corrected chi connectivity index (χ4v) is 4.81. The zero-order chi connectivity index (χ0) is 26.2. The number of nitrogens with zero attached hydrogens (tertiary/aromatic N) is 2. The average Bonchev–Trinajstić information content (AvgIpc) is 3.54. The molecule has 0 spiro atoms. The molecule has 8 heteroatoms. The van der Waals surface area contributed by atoms with Gasteiger partial charge < -0.3 is 19.5 Å². The predicted molar refractivity (Wildman–Crippen MR) is 138 cm³/mol. The molecule has 1 amide bonds. The summed E-state index contributed by atoms with van der Waals surface area (Å²) in [5.74, 6) is -0.789. The molecule has 192 valence electrons. The molecule has 0 bridgehead atoms. The Hall–Kier alpha value is -4.17. The molecular formula is C29H30N2O6. The number of carboxylic acids is 2. The third-order valence-electron chi connectivity index (χ3n) is 6.65. The van der Waals surface area contributed by atoms with Crippen LogP contribution >= 0.6 is 0 Å². The molecule has 8 nitrogen and oxygen atoms in total. The molecular weight excluding hydrogens is 472 g/mol. The minimum Gasteiger partial charge on any atom is -0.478 e. The van der Waals surface area contributed by atoms with Gasteiger partial charge in [-0.25, -0.2) is 9.59 Å². The summed E-state index contributed by atoms with van der Waals surface area (Å²) in [5, 5.41) is 15.6. The zero-order valence-electron chi connectivity index (χ0n) is 20.5. The Morgan fingerprint density at radius 2 is 1.54 bits per heavy atom. The number of aliphatic carboxylic acids is 2. The Morgan fingerprint density at radius 3 is 2.16 bits per heavy atom. The second kappa shape index (κ2) is 12.2. The minimum absolute atomic E-state index is 0.204. The van der Waals surface area contributed by atoms with Gasteiger partial charge in [0.05, 0.1) is 6.26 Å². The summed E-state index contributed by atoms with van der Waals surface area (Å²) in [4.78, 5) is 36.3. The molecule has 2 aliphatic rings. The maximum absolute atomic E-state index is 12.6. The first kappa shape index (κ1) is 25.9. The number of carbonyl (C=O) groups excluding carboxylic acids is 1. The van der Waals surface area contributed by atoms with Crippen molar-refractivity contribution in [2.45, 2.75) is 25.9 Å². The highest BCUT2D eigenvalue weighted by Gasteiger charge is 2.30. The molecule has 1 aromatic heterocycles. The number of rotatable bonds is 7. The molecule has 0 unspecified atom stereocenters. The molecule has 0 aliphatic carbocycles. The number of furan rings is 1. The number of benzene rings is 2. The van der Waals surface area contributed by atoms with Crippen molar-refractivity contribution >= 4 is 17.8 Å². The van der Waals surface area contributed by atoms with Crippen LogP contribution in [-0.2, 0) is 22.7 Å². The third kappa shape index (κ3) is 6.95. The first-order valence-electron chi connectivity index (χ1n) is 12.3. The van der Waals surface area contributed by atoms with E-state index in [9.17, 15) is 14.4 Å². The molecule has 0 atom stereocenters. The zero-order valence-corrected chi connectivity index (χ0v) is 20.5. The molecule has 1 saturated heterocycles. The summed E-state index contributed by atoms with van der Waals surface area (Å²) in [6.07, 6.45) is 5.13. The van der Waals surface area contributed by atoms with Gasteiger partial charge in [-0.3, -0.25) is 9.69 Å². The van der Waals surface area contributed by atoms with Gasteiger partial charge in [0.2, 0.25) is 0 Å². The Balaban J connectivity index is 0.000000349. The molecule has 3 heterocycles. The van der Waals surface area contributed by atoms with Crippen LogP contribution in [0.3, 0.4) is 0 Å². The van der Waals surface area contributed by atoms with Gasteiger partial charge >= 0.3 is 11.9 Å². The monoisotopic (exact) mass is 502 g/mol. The second-order valence-electron chi connectivity index (χ2n) is 9.21. The lowest BCUT2D eigenvalue weighted by molar-refractivity contribution is -0.134. The fraction of sp³-hybridized carbons (Fsp3) is 0.276.